The molecule has 1 atom stereocenters. The Bertz CT molecular complexity index is 799. The average Bonchev–Trinajstić information content (AvgIpc) is 2.46. The smallest absolute Gasteiger partial charge is 0.319 e. The molecule has 0 spiro atoms. The predicted molar refractivity (Wildman–Crippen MR) is 91.3 cm³/mol. The molecule has 2 N–H and O–H groups in total. The molecule has 0 aromatic heterocycles. The number of nitrogens with one attached hydrogen (secondary N) is 2. The molecule has 2 amide bonds. The van der Waals surface area contributed by atoms with Crippen LogP contribution in [-0.2, 0) is 9.84 Å². The van der Waals surface area contributed by atoms with Crippen molar-refractivity contribution in [3.8, 4) is 0 Å². The van der Waals surface area contributed by atoms with Gasteiger partial charge in [-0.15, -0.1) is 0 Å². The molecular formula is C17H20N2O3S. The summed E-state index contributed by atoms with van der Waals surface area (Å²) in [6.45, 7) is 3.79. The third kappa shape index (κ3) is 4.82. The molecule has 0 aliphatic carbocycles. The third-order valence-electron chi connectivity index (χ3n) is 3.43. The molecule has 122 valence electrons. The van der Waals surface area contributed by atoms with Gasteiger partial charge in [-0.2, -0.15) is 0 Å². The number of urea groups is 1. The lowest BCUT2D eigenvalue weighted by Crippen LogP contribution is -2.31. The van der Waals surface area contributed by atoms with Gasteiger partial charge < -0.3 is 10.6 Å². The van der Waals surface area contributed by atoms with Crippen LogP contribution >= 0.6 is 0 Å². The van der Waals surface area contributed by atoms with Gasteiger partial charge in [0.1, 0.15) is 0 Å². The maximum absolute atomic E-state index is 12.0. The van der Waals surface area contributed by atoms with Gasteiger partial charge >= 0.3 is 6.03 Å². The molecule has 0 saturated heterocycles. The van der Waals surface area contributed by atoms with Crippen LogP contribution in [0.4, 0.5) is 10.5 Å². The number of anilines is 1. The molecule has 0 radical (unpaired) electrons. The Labute approximate surface area is 136 Å². The van der Waals surface area contributed by atoms with Gasteiger partial charge in [0.25, 0.3) is 0 Å². The van der Waals surface area contributed by atoms with E-state index in [2.05, 4.69) is 10.6 Å². The lowest BCUT2D eigenvalue weighted by molar-refractivity contribution is 0.249. The van der Waals surface area contributed by atoms with Crippen LogP contribution in [0, 0.1) is 6.92 Å². The van der Waals surface area contributed by atoms with Crippen LogP contribution in [0.3, 0.4) is 0 Å². The Morgan fingerprint density at radius 1 is 1.09 bits per heavy atom. The summed E-state index contributed by atoms with van der Waals surface area (Å²) in [7, 11) is -3.21. The molecule has 0 aliphatic heterocycles. The van der Waals surface area contributed by atoms with Crippen molar-refractivity contribution in [2.75, 3.05) is 11.6 Å². The minimum atomic E-state index is -3.21. The molecule has 0 fully saturated rings. The van der Waals surface area contributed by atoms with Gasteiger partial charge in [0.05, 0.1) is 10.9 Å². The Morgan fingerprint density at radius 3 is 2.30 bits per heavy atom. The number of carbonyl (C=O) groups excluding carboxylic acids is 1. The van der Waals surface area contributed by atoms with E-state index in [-0.39, 0.29) is 17.0 Å². The predicted octanol–water partition coefficient (Wildman–Crippen LogP) is 3.28. The highest BCUT2D eigenvalue weighted by atomic mass is 32.2. The van der Waals surface area contributed by atoms with Crippen molar-refractivity contribution in [1.82, 2.24) is 5.32 Å². The molecule has 0 saturated carbocycles. The van der Waals surface area contributed by atoms with Gasteiger partial charge in [-0.05, 0) is 49.2 Å². The first-order chi connectivity index (χ1) is 10.8. The van der Waals surface area contributed by atoms with Gasteiger partial charge in [0.15, 0.2) is 9.84 Å². The second kappa shape index (κ2) is 6.83. The minimum Gasteiger partial charge on any atom is -0.331 e. The fourth-order valence-corrected chi connectivity index (χ4v) is 2.80. The number of benzene rings is 2. The average molecular weight is 332 g/mol. The largest absolute Gasteiger partial charge is 0.331 e. The Morgan fingerprint density at radius 2 is 1.74 bits per heavy atom. The summed E-state index contributed by atoms with van der Waals surface area (Å²) < 4.78 is 22.9. The van der Waals surface area contributed by atoms with Crippen LogP contribution in [0.15, 0.2) is 53.4 Å². The van der Waals surface area contributed by atoms with E-state index in [1.807, 2.05) is 38.1 Å². The molecule has 2 aromatic carbocycles. The standard InChI is InChI=1S/C17H20N2O3S/c1-12-5-4-6-15(11-12)19-17(20)18-13(2)14-7-9-16(10-8-14)23(3,21)22/h4-11,13H,1-3H3,(H2,18,19,20). The summed E-state index contributed by atoms with van der Waals surface area (Å²) in [6.07, 6.45) is 1.17. The number of amides is 2. The maximum atomic E-state index is 12.0. The Balaban J connectivity index is 2.01. The van der Waals surface area contributed by atoms with Crippen molar-refractivity contribution in [1.29, 1.82) is 0 Å². The minimum absolute atomic E-state index is 0.242. The lowest BCUT2D eigenvalue weighted by atomic mass is 10.1. The normalized spacial score (nSPS) is 12.5. The van der Waals surface area contributed by atoms with Gasteiger partial charge in [-0.25, -0.2) is 13.2 Å². The molecule has 2 rings (SSSR count). The van der Waals surface area contributed by atoms with E-state index in [4.69, 9.17) is 0 Å². The van der Waals surface area contributed by atoms with Gasteiger partial charge in [0, 0.05) is 11.9 Å². The first kappa shape index (κ1) is 17.0. The van der Waals surface area contributed by atoms with Crippen molar-refractivity contribution < 1.29 is 13.2 Å². The van der Waals surface area contributed by atoms with E-state index in [1.165, 1.54) is 6.26 Å². The number of hydrogen-bond acceptors (Lipinski definition) is 3. The van der Waals surface area contributed by atoms with Crippen molar-refractivity contribution in [3.63, 3.8) is 0 Å². The van der Waals surface area contributed by atoms with E-state index in [0.717, 1.165) is 16.8 Å². The van der Waals surface area contributed by atoms with Crippen molar-refractivity contribution in [2.45, 2.75) is 24.8 Å². The summed E-state index contributed by atoms with van der Waals surface area (Å²) in [5, 5.41) is 5.60. The van der Waals surface area contributed by atoms with Crippen LogP contribution in [-0.4, -0.2) is 20.7 Å². The fourth-order valence-electron chi connectivity index (χ4n) is 2.17. The monoisotopic (exact) mass is 332 g/mol. The molecule has 6 heteroatoms. The van der Waals surface area contributed by atoms with Gasteiger partial charge in [0.2, 0.25) is 0 Å². The summed E-state index contributed by atoms with van der Waals surface area (Å²) in [5.74, 6) is 0. The Hall–Kier alpha value is -2.34. The van der Waals surface area contributed by atoms with Crippen LogP contribution in [0.1, 0.15) is 24.1 Å². The molecule has 0 heterocycles. The zero-order chi connectivity index (χ0) is 17.0. The summed E-state index contributed by atoms with van der Waals surface area (Å²) in [5.41, 5.74) is 2.62. The number of sulfone groups is 1. The van der Waals surface area contributed by atoms with E-state index in [9.17, 15) is 13.2 Å². The summed E-state index contributed by atoms with van der Waals surface area (Å²) >= 11 is 0. The first-order valence-corrected chi connectivity index (χ1v) is 9.09. The number of aryl methyl sites for hydroxylation is 1. The number of hydrogen-bond donors (Lipinski definition) is 2. The van der Waals surface area contributed by atoms with E-state index < -0.39 is 9.84 Å². The quantitative estimate of drug-likeness (QED) is 0.902. The highest BCUT2D eigenvalue weighted by Crippen LogP contribution is 2.16. The number of rotatable bonds is 4. The first-order valence-electron chi connectivity index (χ1n) is 7.20. The molecular weight excluding hydrogens is 312 g/mol. The zero-order valence-electron chi connectivity index (χ0n) is 13.3. The highest BCUT2D eigenvalue weighted by molar-refractivity contribution is 7.90. The Kier molecular flexibility index (Phi) is 5.05. The third-order valence-corrected chi connectivity index (χ3v) is 4.56. The van der Waals surface area contributed by atoms with Crippen LogP contribution in [0.25, 0.3) is 0 Å². The molecule has 23 heavy (non-hydrogen) atoms. The fraction of sp³-hybridized carbons (Fsp3) is 0.235. The maximum Gasteiger partial charge on any atom is 0.319 e. The molecule has 0 aliphatic rings. The van der Waals surface area contributed by atoms with Crippen LogP contribution in [0.2, 0.25) is 0 Å². The molecule has 1 unspecified atom stereocenters. The lowest BCUT2D eigenvalue weighted by Gasteiger charge is -2.15. The second-order valence-electron chi connectivity index (χ2n) is 5.53. The van der Waals surface area contributed by atoms with Crippen molar-refractivity contribution in [3.05, 3.63) is 59.7 Å². The van der Waals surface area contributed by atoms with Crippen LogP contribution in [0.5, 0.6) is 0 Å². The topological polar surface area (TPSA) is 75.3 Å². The second-order valence-corrected chi connectivity index (χ2v) is 7.55. The summed E-state index contributed by atoms with van der Waals surface area (Å²) in [6, 6.07) is 13.5. The zero-order valence-corrected chi connectivity index (χ0v) is 14.1. The molecule has 5 nitrogen and oxygen atoms in total. The number of carbonyl (C=O) groups is 1. The molecule has 0 bridgehead atoms. The van der Waals surface area contributed by atoms with Crippen molar-refractivity contribution in [2.24, 2.45) is 0 Å². The SMILES string of the molecule is Cc1cccc(NC(=O)NC(C)c2ccc(S(C)(=O)=O)cc2)c1. The highest BCUT2D eigenvalue weighted by Gasteiger charge is 2.12. The molecule has 2 aromatic rings. The van der Waals surface area contributed by atoms with E-state index in [1.54, 1.807) is 24.3 Å². The van der Waals surface area contributed by atoms with E-state index >= 15 is 0 Å². The van der Waals surface area contributed by atoms with E-state index in [0.29, 0.717) is 0 Å². The van der Waals surface area contributed by atoms with Gasteiger partial charge in [-0.3, -0.25) is 0 Å². The van der Waals surface area contributed by atoms with Gasteiger partial charge in [-0.1, -0.05) is 24.3 Å². The summed E-state index contributed by atoms with van der Waals surface area (Å²) in [4.78, 5) is 12.3. The van der Waals surface area contributed by atoms with Crippen molar-refractivity contribution >= 4 is 21.6 Å². The van der Waals surface area contributed by atoms with Crippen LogP contribution < -0.4 is 10.6 Å².